The molecule has 0 saturated carbocycles. The van der Waals surface area contributed by atoms with Gasteiger partial charge in [0.05, 0.1) is 6.54 Å². The van der Waals surface area contributed by atoms with Crippen LogP contribution in [-0.2, 0) is 11.3 Å². The molecule has 2 heterocycles. The highest BCUT2D eigenvalue weighted by Crippen LogP contribution is 2.11. The van der Waals surface area contributed by atoms with E-state index in [-0.39, 0.29) is 24.8 Å². The van der Waals surface area contributed by atoms with E-state index in [9.17, 15) is 4.79 Å². The first-order valence-corrected chi connectivity index (χ1v) is 9.12. The van der Waals surface area contributed by atoms with Crippen molar-refractivity contribution in [3.8, 4) is 0 Å². The Morgan fingerprint density at radius 2 is 1.88 bits per heavy atom. The molecule has 3 rings (SSSR count). The highest BCUT2D eigenvalue weighted by molar-refractivity contribution is 5.85. The average molecular weight is 403 g/mol. The summed E-state index contributed by atoms with van der Waals surface area (Å²) in [6.07, 6.45) is 0. The molecule has 0 bridgehead atoms. The summed E-state index contributed by atoms with van der Waals surface area (Å²) < 4.78 is 0. The lowest BCUT2D eigenvalue weighted by Crippen LogP contribution is -2.55. The van der Waals surface area contributed by atoms with Crippen molar-refractivity contribution in [3.05, 3.63) is 35.4 Å². The molecule has 2 saturated heterocycles. The lowest BCUT2D eigenvalue weighted by atomic mass is 10.1. The highest BCUT2D eigenvalue weighted by atomic mass is 35.5. The number of nitrogens with one attached hydrogen (secondary N) is 1. The Kier molecular flexibility index (Phi) is 9.90. The van der Waals surface area contributed by atoms with E-state index in [4.69, 9.17) is 0 Å². The number of amides is 1. The second-order valence-electron chi connectivity index (χ2n) is 7.17. The van der Waals surface area contributed by atoms with E-state index in [0.717, 1.165) is 52.4 Å². The SMILES string of the molecule is Cc1cccc(CN2CCN(C(=O)CN3CCNC[C@@H]3C)CC2)c1.Cl.Cl. The van der Waals surface area contributed by atoms with Crippen LogP contribution >= 0.6 is 24.8 Å². The van der Waals surface area contributed by atoms with E-state index in [1.807, 2.05) is 4.90 Å². The van der Waals surface area contributed by atoms with Gasteiger partial charge in [0.15, 0.2) is 0 Å². The summed E-state index contributed by atoms with van der Waals surface area (Å²) >= 11 is 0. The predicted molar refractivity (Wildman–Crippen MR) is 111 cm³/mol. The fourth-order valence-corrected chi connectivity index (χ4v) is 3.62. The molecule has 1 N–H and O–H groups in total. The Morgan fingerprint density at radius 1 is 1.15 bits per heavy atom. The van der Waals surface area contributed by atoms with E-state index in [1.165, 1.54) is 11.1 Å². The first-order valence-electron chi connectivity index (χ1n) is 9.12. The number of rotatable bonds is 4. The van der Waals surface area contributed by atoms with Gasteiger partial charge in [-0.15, -0.1) is 24.8 Å². The topological polar surface area (TPSA) is 38.8 Å². The molecule has 0 spiro atoms. The molecule has 0 aromatic heterocycles. The quantitative estimate of drug-likeness (QED) is 0.832. The number of carbonyl (C=O) groups is 1. The van der Waals surface area contributed by atoms with Gasteiger partial charge < -0.3 is 10.2 Å². The van der Waals surface area contributed by atoms with Crippen LogP contribution in [0.3, 0.4) is 0 Å². The van der Waals surface area contributed by atoms with E-state index in [2.05, 4.69) is 53.2 Å². The Bertz CT molecular complexity index is 564. The molecular formula is C19H32Cl2N4O. The molecule has 1 atom stereocenters. The van der Waals surface area contributed by atoms with Crippen LogP contribution in [0.5, 0.6) is 0 Å². The minimum absolute atomic E-state index is 0. The van der Waals surface area contributed by atoms with Crippen molar-refractivity contribution >= 4 is 30.7 Å². The van der Waals surface area contributed by atoms with Gasteiger partial charge in [0.1, 0.15) is 0 Å². The first-order chi connectivity index (χ1) is 11.6. The molecule has 5 nitrogen and oxygen atoms in total. The van der Waals surface area contributed by atoms with Crippen molar-refractivity contribution in [2.75, 3.05) is 52.4 Å². The molecule has 0 aliphatic carbocycles. The van der Waals surface area contributed by atoms with Gasteiger partial charge in [-0.05, 0) is 19.4 Å². The van der Waals surface area contributed by atoms with Crippen LogP contribution in [0.15, 0.2) is 24.3 Å². The molecule has 0 unspecified atom stereocenters. The minimum atomic E-state index is 0. The number of aryl methyl sites for hydroxylation is 1. The second kappa shape index (κ2) is 11.1. The third kappa shape index (κ3) is 6.39. The summed E-state index contributed by atoms with van der Waals surface area (Å²) in [7, 11) is 0. The van der Waals surface area contributed by atoms with Crippen LogP contribution in [0.1, 0.15) is 18.1 Å². The van der Waals surface area contributed by atoms with Crippen LogP contribution in [0.2, 0.25) is 0 Å². The Balaban J connectivity index is 0.00000169. The zero-order valence-corrected chi connectivity index (χ0v) is 17.5. The van der Waals surface area contributed by atoms with Gasteiger partial charge in [0, 0.05) is 58.4 Å². The van der Waals surface area contributed by atoms with Crippen LogP contribution in [-0.4, -0.2) is 79.0 Å². The molecule has 1 aromatic carbocycles. The van der Waals surface area contributed by atoms with E-state index >= 15 is 0 Å². The van der Waals surface area contributed by atoms with E-state index in [0.29, 0.717) is 18.5 Å². The Morgan fingerprint density at radius 3 is 2.54 bits per heavy atom. The molecule has 2 aliphatic rings. The van der Waals surface area contributed by atoms with Crippen molar-refractivity contribution in [2.45, 2.75) is 26.4 Å². The summed E-state index contributed by atoms with van der Waals surface area (Å²) in [5.74, 6) is 0.291. The third-order valence-electron chi connectivity index (χ3n) is 5.19. The number of nitrogens with zero attached hydrogens (tertiary/aromatic N) is 3. The van der Waals surface area contributed by atoms with Crippen LogP contribution < -0.4 is 5.32 Å². The minimum Gasteiger partial charge on any atom is -0.339 e. The van der Waals surface area contributed by atoms with Gasteiger partial charge in [0.25, 0.3) is 0 Å². The maximum atomic E-state index is 12.6. The third-order valence-corrected chi connectivity index (χ3v) is 5.19. The van der Waals surface area contributed by atoms with Crippen molar-refractivity contribution in [1.29, 1.82) is 0 Å². The number of hydrogen-bond donors (Lipinski definition) is 1. The van der Waals surface area contributed by atoms with Crippen molar-refractivity contribution in [2.24, 2.45) is 0 Å². The highest BCUT2D eigenvalue weighted by Gasteiger charge is 2.25. The van der Waals surface area contributed by atoms with Crippen LogP contribution in [0, 0.1) is 6.92 Å². The van der Waals surface area contributed by atoms with Gasteiger partial charge in [-0.25, -0.2) is 0 Å². The van der Waals surface area contributed by atoms with E-state index < -0.39 is 0 Å². The largest absolute Gasteiger partial charge is 0.339 e. The lowest BCUT2D eigenvalue weighted by molar-refractivity contribution is -0.135. The van der Waals surface area contributed by atoms with Crippen molar-refractivity contribution < 1.29 is 4.79 Å². The molecule has 2 aliphatic heterocycles. The van der Waals surface area contributed by atoms with Crippen LogP contribution in [0.25, 0.3) is 0 Å². The predicted octanol–water partition coefficient (Wildman–Crippen LogP) is 1.78. The monoisotopic (exact) mass is 402 g/mol. The van der Waals surface area contributed by atoms with E-state index in [1.54, 1.807) is 0 Å². The van der Waals surface area contributed by atoms with Gasteiger partial charge in [-0.2, -0.15) is 0 Å². The van der Waals surface area contributed by atoms with Crippen molar-refractivity contribution in [1.82, 2.24) is 20.0 Å². The maximum absolute atomic E-state index is 12.6. The molecule has 7 heteroatoms. The summed E-state index contributed by atoms with van der Waals surface area (Å²) in [6.45, 7) is 12.5. The lowest BCUT2D eigenvalue weighted by Gasteiger charge is -2.38. The zero-order chi connectivity index (χ0) is 16.9. The van der Waals surface area contributed by atoms with Gasteiger partial charge in [-0.3, -0.25) is 14.6 Å². The summed E-state index contributed by atoms with van der Waals surface area (Å²) in [5, 5.41) is 3.38. The number of halogens is 2. The molecule has 148 valence electrons. The fraction of sp³-hybridized carbons (Fsp3) is 0.632. The number of benzene rings is 1. The molecular weight excluding hydrogens is 371 g/mol. The summed E-state index contributed by atoms with van der Waals surface area (Å²) in [4.78, 5) is 19.4. The first kappa shape index (κ1) is 23.2. The normalized spacial score (nSPS) is 21.6. The molecule has 26 heavy (non-hydrogen) atoms. The van der Waals surface area contributed by atoms with Gasteiger partial charge in [-0.1, -0.05) is 29.8 Å². The molecule has 2 fully saturated rings. The average Bonchev–Trinajstić information content (AvgIpc) is 2.57. The number of hydrogen-bond acceptors (Lipinski definition) is 4. The Labute approximate surface area is 169 Å². The zero-order valence-electron chi connectivity index (χ0n) is 15.8. The van der Waals surface area contributed by atoms with Crippen LogP contribution in [0.4, 0.5) is 0 Å². The number of carbonyl (C=O) groups excluding carboxylic acids is 1. The maximum Gasteiger partial charge on any atom is 0.236 e. The van der Waals surface area contributed by atoms with Gasteiger partial charge >= 0.3 is 0 Å². The van der Waals surface area contributed by atoms with Crippen molar-refractivity contribution in [3.63, 3.8) is 0 Å². The summed E-state index contributed by atoms with van der Waals surface area (Å²) in [5.41, 5.74) is 2.68. The Hall–Kier alpha value is -0.850. The smallest absolute Gasteiger partial charge is 0.236 e. The van der Waals surface area contributed by atoms with Gasteiger partial charge in [0.2, 0.25) is 5.91 Å². The molecule has 1 aromatic rings. The standard InChI is InChI=1S/C19H30N4O.2ClH/c1-16-4-3-5-18(12-16)14-21-8-10-22(11-9-21)19(24)15-23-7-6-20-13-17(23)2;;/h3-5,12,17,20H,6-11,13-15H2,1-2H3;2*1H/t17-;;/m0../s1. The number of piperazine rings is 2. The fourth-order valence-electron chi connectivity index (χ4n) is 3.62. The second-order valence-corrected chi connectivity index (χ2v) is 7.17. The molecule has 0 radical (unpaired) electrons. The summed E-state index contributed by atoms with van der Waals surface area (Å²) in [6, 6.07) is 9.15. The molecule has 1 amide bonds.